The Labute approximate surface area is 129 Å². The van der Waals surface area contributed by atoms with Crippen molar-refractivity contribution in [2.75, 3.05) is 5.32 Å². The second kappa shape index (κ2) is 5.95. The molecule has 0 saturated carbocycles. The fraction of sp³-hybridized carbons (Fsp3) is 0.0714. The van der Waals surface area contributed by atoms with Crippen LogP contribution in [0.15, 0.2) is 40.9 Å². The molecule has 0 heterocycles. The van der Waals surface area contributed by atoms with Crippen LogP contribution < -0.4 is 5.32 Å². The van der Waals surface area contributed by atoms with Crippen molar-refractivity contribution in [2.24, 2.45) is 0 Å². The molecule has 19 heavy (non-hydrogen) atoms. The predicted molar refractivity (Wildman–Crippen MR) is 83.3 cm³/mol. The van der Waals surface area contributed by atoms with Gasteiger partial charge in [-0.3, -0.25) is 4.79 Å². The van der Waals surface area contributed by atoms with Crippen LogP contribution in [0, 0.1) is 6.92 Å². The number of hydrogen-bond acceptors (Lipinski definition) is 1. The van der Waals surface area contributed by atoms with Crippen LogP contribution in [0.5, 0.6) is 0 Å². The van der Waals surface area contributed by atoms with Gasteiger partial charge in [-0.1, -0.05) is 45.2 Å². The summed E-state index contributed by atoms with van der Waals surface area (Å²) in [5, 5.41) is 3.55. The Bertz CT molecular complexity index is 623. The maximum Gasteiger partial charge on any atom is 0.255 e. The second-order valence-electron chi connectivity index (χ2n) is 4.01. The van der Waals surface area contributed by atoms with Crippen molar-refractivity contribution >= 4 is 50.7 Å². The number of aryl methyl sites for hydroxylation is 1. The summed E-state index contributed by atoms with van der Waals surface area (Å²) >= 11 is 15.4. The molecule has 2 aromatic rings. The van der Waals surface area contributed by atoms with Crippen LogP contribution in [0.1, 0.15) is 15.9 Å². The quantitative estimate of drug-likeness (QED) is 0.773. The summed E-state index contributed by atoms with van der Waals surface area (Å²) < 4.78 is 0.958. The number of benzene rings is 2. The van der Waals surface area contributed by atoms with E-state index in [1.807, 2.05) is 13.0 Å². The van der Waals surface area contributed by atoms with Crippen molar-refractivity contribution in [1.29, 1.82) is 0 Å². The lowest BCUT2D eigenvalue weighted by atomic mass is 10.1. The monoisotopic (exact) mass is 357 g/mol. The molecule has 0 fully saturated rings. The molecule has 0 radical (unpaired) electrons. The number of rotatable bonds is 2. The molecule has 0 atom stereocenters. The number of hydrogen-bond donors (Lipinski definition) is 1. The molecule has 5 heteroatoms. The number of nitrogens with one attached hydrogen (secondary N) is 1. The Morgan fingerprint density at radius 2 is 1.79 bits per heavy atom. The van der Waals surface area contributed by atoms with E-state index in [2.05, 4.69) is 21.2 Å². The fourth-order valence-corrected chi connectivity index (χ4v) is 2.33. The van der Waals surface area contributed by atoms with E-state index >= 15 is 0 Å². The molecule has 1 amide bonds. The highest BCUT2D eigenvalue weighted by Gasteiger charge is 2.12. The molecule has 0 saturated heterocycles. The molecule has 98 valence electrons. The highest BCUT2D eigenvalue weighted by atomic mass is 79.9. The van der Waals surface area contributed by atoms with Crippen molar-refractivity contribution in [1.82, 2.24) is 0 Å². The summed E-state index contributed by atoms with van der Waals surface area (Å²) in [7, 11) is 0. The van der Waals surface area contributed by atoms with Crippen LogP contribution in [-0.2, 0) is 0 Å². The number of para-hydroxylation sites is 1. The summed E-state index contributed by atoms with van der Waals surface area (Å²) in [5.41, 5.74) is 1.96. The smallest absolute Gasteiger partial charge is 0.255 e. The Morgan fingerprint density at radius 1 is 1.16 bits per heavy atom. The van der Waals surface area contributed by atoms with Gasteiger partial charge in [0.25, 0.3) is 5.91 Å². The first-order valence-corrected chi connectivity index (χ1v) is 7.05. The van der Waals surface area contributed by atoms with E-state index in [4.69, 9.17) is 23.2 Å². The largest absolute Gasteiger partial charge is 0.319 e. The number of carbonyl (C=O) groups is 1. The highest BCUT2D eigenvalue weighted by Crippen LogP contribution is 2.30. The summed E-state index contributed by atoms with van der Waals surface area (Å²) in [4.78, 5) is 12.1. The molecule has 0 spiro atoms. The minimum absolute atomic E-state index is 0.245. The lowest BCUT2D eigenvalue weighted by Gasteiger charge is -2.09. The van der Waals surface area contributed by atoms with Crippen molar-refractivity contribution in [3.8, 4) is 0 Å². The molecular formula is C14H10BrCl2NO. The van der Waals surface area contributed by atoms with E-state index in [9.17, 15) is 4.79 Å². The average Bonchev–Trinajstić information content (AvgIpc) is 2.37. The topological polar surface area (TPSA) is 29.1 Å². The molecule has 0 bridgehead atoms. The molecular weight excluding hydrogens is 349 g/mol. The predicted octanol–water partition coefficient (Wildman–Crippen LogP) is 5.32. The second-order valence-corrected chi connectivity index (χ2v) is 5.68. The molecule has 0 aliphatic heterocycles. The Morgan fingerprint density at radius 3 is 2.37 bits per heavy atom. The van der Waals surface area contributed by atoms with E-state index in [-0.39, 0.29) is 5.91 Å². The zero-order valence-corrected chi connectivity index (χ0v) is 13.1. The van der Waals surface area contributed by atoms with Gasteiger partial charge in [0, 0.05) is 10.0 Å². The van der Waals surface area contributed by atoms with Crippen molar-refractivity contribution in [3.05, 3.63) is 62.0 Å². The summed E-state index contributed by atoms with van der Waals surface area (Å²) in [6.07, 6.45) is 0. The van der Waals surface area contributed by atoms with Gasteiger partial charge in [0.2, 0.25) is 0 Å². The third kappa shape index (κ3) is 3.30. The SMILES string of the molecule is Cc1cc(C(=O)Nc2c(Cl)cccc2Cl)ccc1Br. The molecule has 0 aromatic heterocycles. The van der Waals surface area contributed by atoms with Crippen LogP contribution in [0.3, 0.4) is 0 Å². The molecule has 1 N–H and O–H groups in total. The van der Waals surface area contributed by atoms with Crippen molar-refractivity contribution < 1.29 is 4.79 Å². The first kappa shape index (κ1) is 14.4. The Kier molecular flexibility index (Phi) is 4.50. The van der Waals surface area contributed by atoms with Crippen LogP contribution >= 0.6 is 39.1 Å². The average molecular weight is 359 g/mol. The fourth-order valence-electron chi connectivity index (χ4n) is 1.59. The molecule has 2 nitrogen and oxygen atoms in total. The molecule has 2 aromatic carbocycles. The number of carbonyl (C=O) groups excluding carboxylic acids is 1. The van der Waals surface area contributed by atoms with Crippen molar-refractivity contribution in [2.45, 2.75) is 6.92 Å². The van der Waals surface area contributed by atoms with E-state index in [0.717, 1.165) is 10.0 Å². The van der Waals surface area contributed by atoms with E-state index < -0.39 is 0 Å². The lowest BCUT2D eigenvalue weighted by molar-refractivity contribution is 0.102. The molecule has 0 unspecified atom stereocenters. The first-order valence-electron chi connectivity index (χ1n) is 5.50. The van der Waals surface area contributed by atoms with Crippen LogP contribution in [0.25, 0.3) is 0 Å². The zero-order chi connectivity index (χ0) is 14.0. The minimum Gasteiger partial charge on any atom is -0.319 e. The zero-order valence-electron chi connectivity index (χ0n) is 10.0. The van der Waals surface area contributed by atoms with E-state index in [1.54, 1.807) is 30.3 Å². The van der Waals surface area contributed by atoms with E-state index in [0.29, 0.717) is 21.3 Å². The van der Waals surface area contributed by atoms with Crippen LogP contribution in [0.2, 0.25) is 10.0 Å². The van der Waals surface area contributed by atoms with Crippen LogP contribution in [0.4, 0.5) is 5.69 Å². The normalized spacial score (nSPS) is 10.3. The number of anilines is 1. The van der Waals surface area contributed by atoms with Gasteiger partial charge >= 0.3 is 0 Å². The number of amides is 1. The Balaban J connectivity index is 2.28. The van der Waals surface area contributed by atoms with Gasteiger partial charge in [0.15, 0.2) is 0 Å². The maximum atomic E-state index is 12.1. The minimum atomic E-state index is -0.245. The van der Waals surface area contributed by atoms with Gasteiger partial charge in [0.05, 0.1) is 15.7 Å². The van der Waals surface area contributed by atoms with E-state index in [1.165, 1.54) is 0 Å². The van der Waals surface area contributed by atoms with Gasteiger partial charge < -0.3 is 5.32 Å². The summed E-state index contributed by atoms with van der Waals surface area (Å²) in [6, 6.07) is 10.4. The van der Waals surface area contributed by atoms with Crippen LogP contribution in [-0.4, -0.2) is 5.91 Å². The standard InChI is InChI=1S/C14H10BrCl2NO/c1-8-7-9(5-6-10(8)15)14(19)18-13-11(16)3-2-4-12(13)17/h2-7H,1H3,(H,18,19). The molecule has 2 rings (SSSR count). The van der Waals surface area contributed by atoms with Crippen molar-refractivity contribution in [3.63, 3.8) is 0 Å². The highest BCUT2D eigenvalue weighted by molar-refractivity contribution is 9.10. The first-order chi connectivity index (χ1) is 8.99. The number of halogens is 3. The van der Waals surface area contributed by atoms with Gasteiger partial charge in [-0.2, -0.15) is 0 Å². The summed E-state index contributed by atoms with van der Waals surface area (Å²) in [6.45, 7) is 1.92. The third-order valence-electron chi connectivity index (χ3n) is 2.62. The van der Waals surface area contributed by atoms with Gasteiger partial charge in [-0.15, -0.1) is 0 Å². The van der Waals surface area contributed by atoms with Gasteiger partial charge in [-0.25, -0.2) is 0 Å². The Hall–Kier alpha value is -1.03. The molecule has 0 aliphatic carbocycles. The summed E-state index contributed by atoms with van der Waals surface area (Å²) in [5.74, 6) is -0.245. The molecule has 0 aliphatic rings. The maximum absolute atomic E-state index is 12.1. The lowest BCUT2D eigenvalue weighted by Crippen LogP contribution is -2.12. The third-order valence-corrected chi connectivity index (χ3v) is 4.14. The van der Waals surface area contributed by atoms with Gasteiger partial charge in [0.1, 0.15) is 0 Å². The van der Waals surface area contributed by atoms with Gasteiger partial charge in [-0.05, 0) is 42.8 Å².